The van der Waals surface area contributed by atoms with Crippen LogP contribution in [0.2, 0.25) is 5.02 Å². The highest BCUT2D eigenvalue weighted by Gasteiger charge is 2.26. The van der Waals surface area contributed by atoms with Crippen LogP contribution in [0.15, 0.2) is 53.4 Å². The number of rotatable bonds is 2. The lowest BCUT2D eigenvalue weighted by atomic mass is 10.1. The Kier molecular flexibility index (Phi) is 4.08. The van der Waals surface area contributed by atoms with Crippen LogP contribution in [0.4, 0.5) is 5.69 Å². The summed E-state index contributed by atoms with van der Waals surface area (Å²) < 4.78 is 12.0. The zero-order valence-electron chi connectivity index (χ0n) is 11.3. The van der Waals surface area contributed by atoms with E-state index in [9.17, 15) is 9.00 Å². The molecule has 5 heteroatoms. The summed E-state index contributed by atoms with van der Waals surface area (Å²) in [6.07, 6.45) is 0.293. The van der Waals surface area contributed by atoms with E-state index in [1.165, 1.54) is 0 Å². The van der Waals surface area contributed by atoms with Crippen molar-refractivity contribution in [3.05, 3.63) is 59.1 Å². The van der Waals surface area contributed by atoms with Crippen molar-refractivity contribution < 1.29 is 9.00 Å². The van der Waals surface area contributed by atoms with Crippen LogP contribution in [0.3, 0.4) is 0 Å². The fourth-order valence-corrected chi connectivity index (χ4v) is 3.88. The third-order valence-corrected chi connectivity index (χ3v) is 5.07. The van der Waals surface area contributed by atoms with Crippen molar-refractivity contribution in [2.24, 2.45) is 0 Å². The van der Waals surface area contributed by atoms with E-state index in [-0.39, 0.29) is 5.91 Å². The number of fused-ring (bicyclic) bond motifs is 1. The first-order valence-electron chi connectivity index (χ1n) is 6.67. The third-order valence-electron chi connectivity index (χ3n) is 3.45. The Morgan fingerprint density at radius 1 is 1.19 bits per heavy atom. The Morgan fingerprint density at radius 3 is 2.81 bits per heavy atom. The average Bonchev–Trinajstić information content (AvgIpc) is 2.48. The van der Waals surface area contributed by atoms with Crippen molar-refractivity contribution in [3.8, 4) is 0 Å². The lowest BCUT2D eigenvalue weighted by molar-refractivity contribution is -0.118. The van der Waals surface area contributed by atoms with Gasteiger partial charge in [0.25, 0.3) is 0 Å². The van der Waals surface area contributed by atoms with Crippen LogP contribution in [0.25, 0.3) is 0 Å². The minimum absolute atomic E-state index is 0.00131. The zero-order chi connectivity index (χ0) is 14.8. The van der Waals surface area contributed by atoms with Gasteiger partial charge in [-0.3, -0.25) is 9.00 Å². The minimum atomic E-state index is -1.02. The summed E-state index contributed by atoms with van der Waals surface area (Å²) in [6, 6.07) is 14.7. The van der Waals surface area contributed by atoms with Crippen molar-refractivity contribution >= 4 is 34.0 Å². The van der Waals surface area contributed by atoms with Crippen LogP contribution in [0.1, 0.15) is 5.56 Å². The molecule has 0 saturated heterocycles. The molecule has 1 unspecified atom stereocenters. The van der Waals surface area contributed by atoms with Crippen molar-refractivity contribution in [1.29, 1.82) is 0 Å². The van der Waals surface area contributed by atoms with Gasteiger partial charge in [-0.15, -0.1) is 0 Å². The molecule has 1 atom stereocenters. The molecule has 1 aliphatic heterocycles. The molecule has 0 spiro atoms. The molecule has 2 aromatic rings. The number of benzene rings is 2. The van der Waals surface area contributed by atoms with E-state index in [0.29, 0.717) is 23.7 Å². The minimum Gasteiger partial charge on any atom is -0.310 e. The van der Waals surface area contributed by atoms with Crippen LogP contribution >= 0.6 is 11.6 Å². The van der Waals surface area contributed by atoms with E-state index in [4.69, 9.17) is 11.6 Å². The van der Waals surface area contributed by atoms with E-state index < -0.39 is 10.8 Å². The second kappa shape index (κ2) is 6.00. The highest BCUT2D eigenvalue weighted by Crippen LogP contribution is 2.28. The number of carbonyl (C=O) groups is 1. The summed E-state index contributed by atoms with van der Waals surface area (Å²) in [4.78, 5) is 15.0. The summed E-state index contributed by atoms with van der Waals surface area (Å²) in [5.74, 6) is 0.486. The summed E-state index contributed by atoms with van der Waals surface area (Å²) in [6.45, 7) is 0.489. The maximum Gasteiger partial charge on any atom is 0.231 e. The van der Waals surface area contributed by atoms with Crippen LogP contribution in [-0.2, 0) is 22.0 Å². The van der Waals surface area contributed by atoms with E-state index in [1.54, 1.807) is 17.0 Å². The lowest BCUT2D eigenvalue weighted by Crippen LogP contribution is -2.39. The van der Waals surface area contributed by atoms with E-state index in [1.807, 2.05) is 36.4 Å². The Labute approximate surface area is 131 Å². The smallest absolute Gasteiger partial charge is 0.231 e. The molecule has 3 nitrogen and oxygen atoms in total. The van der Waals surface area contributed by atoms with Gasteiger partial charge in [-0.2, -0.15) is 0 Å². The second-order valence-electron chi connectivity index (χ2n) is 4.87. The topological polar surface area (TPSA) is 37.4 Å². The number of halogens is 1. The average molecular weight is 320 g/mol. The van der Waals surface area contributed by atoms with Gasteiger partial charge >= 0.3 is 0 Å². The van der Waals surface area contributed by atoms with Crippen molar-refractivity contribution in [1.82, 2.24) is 0 Å². The summed E-state index contributed by atoms with van der Waals surface area (Å²) in [5.41, 5.74) is 1.64. The van der Waals surface area contributed by atoms with Gasteiger partial charge in [-0.25, -0.2) is 0 Å². The molecular formula is C16H14ClNO2S. The number of hydrogen-bond donors (Lipinski definition) is 0. The molecule has 0 bridgehead atoms. The lowest BCUT2D eigenvalue weighted by Gasteiger charge is -2.29. The van der Waals surface area contributed by atoms with Gasteiger partial charge in [-0.1, -0.05) is 35.9 Å². The molecule has 0 N–H and O–H groups in total. The first-order valence-corrected chi connectivity index (χ1v) is 8.37. The number of amides is 1. The zero-order valence-corrected chi connectivity index (χ0v) is 12.9. The van der Waals surface area contributed by atoms with Crippen molar-refractivity contribution in [3.63, 3.8) is 0 Å². The number of hydrogen-bond acceptors (Lipinski definition) is 2. The molecule has 2 aromatic carbocycles. The molecular weight excluding hydrogens is 306 g/mol. The fourth-order valence-electron chi connectivity index (χ4n) is 2.45. The molecule has 1 amide bonds. The Hall–Kier alpha value is -1.65. The van der Waals surface area contributed by atoms with Crippen molar-refractivity contribution in [2.45, 2.75) is 11.3 Å². The number of carbonyl (C=O) groups excluding carboxylic acids is 1. The fraction of sp³-hybridized carbons (Fsp3) is 0.188. The van der Waals surface area contributed by atoms with Crippen molar-refractivity contribution in [2.75, 3.05) is 17.2 Å². The molecule has 1 heterocycles. The summed E-state index contributed by atoms with van der Waals surface area (Å²) in [5, 5.41) is 0.625. The normalized spacial score (nSPS) is 17.4. The molecule has 0 radical (unpaired) electrons. The van der Waals surface area contributed by atoms with Crippen LogP contribution in [0.5, 0.6) is 0 Å². The molecule has 21 heavy (non-hydrogen) atoms. The predicted molar refractivity (Wildman–Crippen MR) is 85.2 cm³/mol. The molecule has 0 aliphatic carbocycles. The SMILES string of the molecule is O=C(Cc1cccc(Cl)c1)N1CCS(=O)c2ccccc21. The molecule has 1 aliphatic rings. The Balaban J connectivity index is 1.86. The van der Waals surface area contributed by atoms with E-state index in [0.717, 1.165) is 16.1 Å². The van der Waals surface area contributed by atoms with E-state index in [2.05, 4.69) is 0 Å². The van der Waals surface area contributed by atoms with Gasteiger partial charge in [-0.05, 0) is 29.8 Å². The standard InChI is InChI=1S/C16H14ClNO2S/c17-13-5-3-4-12(10-13)11-16(19)18-8-9-21(20)15-7-2-1-6-14(15)18/h1-7,10H,8-9,11H2. The molecule has 0 aromatic heterocycles. The first-order chi connectivity index (χ1) is 10.1. The Bertz CT molecular complexity index is 717. The molecule has 0 saturated carbocycles. The maximum atomic E-state index is 12.5. The molecule has 0 fully saturated rings. The quantitative estimate of drug-likeness (QED) is 0.853. The third kappa shape index (κ3) is 3.01. The van der Waals surface area contributed by atoms with Gasteiger partial charge < -0.3 is 4.90 Å². The largest absolute Gasteiger partial charge is 0.310 e. The highest BCUT2D eigenvalue weighted by atomic mass is 35.5. The second-order valence-corrected chi connectivity index (χ2v) is 6.84. The van der Waals surface area contributed by atoms with Gasteiger partial charge in [0.05, 0.1) is 27.8 Å². The van der Waals surface area contributed by atoms with Crippen LogP contribution in [-0.4, -0.2) is 22.4 Å². The maximum absolute atomic E-state index is 12.5. The summed E-state index contributed by atoms with van der Waals surface area (Å²) >= 11 is 5.95. The summed E-state index contributed by atoms with van der Waals surface area (Å²) in [7, 11) is -1.02. The molecule has 3 rings (SSSR count). The Morgan fingerprint density at radius 2 is 2.00 bits per heavy atom. The molecule has 108 valence electrons. The number of nitrogens with zero attached hydrogens (tertiary/aromatic N) is 1. The monoisotopic (exact) mass is 319 g/mol. The predicted octanol–water partition coefficient (Wildman–Crippen LogP) is 3.04. The first kappa shape index (κ1) is 14.3. The van der Waals surface area contributed by atoms with Gasteiger partial charge in [0, 0.05) is 17.3 Å². The van der Waals surface area contributed by atoms with Gasteiger partial charge in [0.2, 0.25) is 5.91 Å². The van der Waals surface area contributed by atoms with Gasteiger partial charge in [0.1, 0.15) is 0 Å². The number of para-hydroxylation sites is 1. The highest BCUT2D eigenvalue weighted by molar-refractivity contribution is 7.85. The van der Waals surface area contributed by atoms with Crippen LogP contribution in [0, 0.1) is 0 Å². The van der Waals surface area contributed by atoms with Crippen LogP contribution < -0.4 is 4.90 Å². The number of anilines is 1. The van der Waals surface area contributed by atoms with E-state index >= 15 is 0 Å². The van der Waals surface area contributed by atoms with Gasteiger partial charge in [0.15, 0.2) is 0 Å².